The average Bonchev–Trinajstić information content (AvgIpc) is 1.99. The van der Waals surface area contributed by atoms with E-state index in [1.54, 1.807) is 10.9 Å². The van der Waals surface area contributed by atoms with Crippen LogP contribution in [-0.2, 0) is 6.54 Å². The quantitative estimate of drug-likeness (QED) is 0.750. The number of rotatable bonds is 2. The summed E-state index contributed by atoms with van der Waals surface area (Å²) >= 11 is 3.12. The molecule has 4 heteroatoms. The Morgan fingerprint density at radius 3 is 3.09 bits per heavy atom. The van der Waals surface area contributed by atoms with Crippen molar-refractivity contribution in [3.63, 3.8) is 0 Å². The third-order valence-electron chi connectivity index (χ3n) is 1.32. The van der Waals surface area contributed by atoms with Crippen LogP contribution in [0.1, 0.15) is 13.3 Å². The number of aromatic nitrogens is 2. The molecule has 0 saturated heterocycles. The second-order valence-electron chi connectivity index (χ2n) is 2.24. The molecule has 0 amide bonds. The summed E-state index contributed by atoms with van der Waals surface area (Å²) in [6.45, 7) is 2.75. The maximum Gasteiger partial charge on any atom is 0.267 e. The summed E-state index contributed by atoms with van der Waals surface area (Å²) in [7, 11) is 0. The zero-order valence-corrected chi connectivity index (χ0v) is 7.84. The Bertz CT molecular complexity index is 295. The molecule has 0 atom stereocenters. The Kier molecular flexibility index (Phi) is 2.82. The third kappa shape index (κ3) is 1.89. The van der Waals surface area contributed by atoms with Gasteiger partial charge < -0.3 is 0 Å². The van der Waals surface area contributed by atoms with Crippen molar-refractivity contribution in [1.82, 2.24) is 9.55 Å². The monoisotopic (exact) mass is 216 g/mol. The van der Waals surface area contributed by atoms with E-state index in [1.807, 2.05) is 6.92 Å². The first-order valence-corrected chi connectivity index (χ1v) is 4.25. The van der Waals surface area contributed by atoms with Crippen molar-refractivity contribution >= 4 is 15.9 Å². The molecule has 0 aliphatic heterocycles. The number of hydrogen-bond acceptors (Lipinski definition) is 2. The molecule has 1 heterocycles. The summed E-state index contributed by atoms with van der Waals surface area (Å²) in [5.41, 5.74) is -0.0122. The van der Waals surface area contributed by atoms with Crippen LogP contribution in [0.5, 0.6) is 0 Å². The van der Waals surface area contributed by atoms with Gasteiger partial charge in [-0.1, -0.05) is 6.92 Å². The van der Waals surface area contributed by atoms with Crippen LogP contribution in [0.3, 0.4) is 0 Å². The van der Waals surface area contributed by atoms with Crippen LogP contribution >= 0.6 is 15.9 Å². The molecule has 0 aliphatic rings. The van der Waals surface area contributed by atoms with Crippen molar-refractivity contribution in [3.8, 4) is 0 Å². The molecule has 60 valence electrons. The Morgan fingerprint density at radius 2 is 2.45 bits per heavy atom. The highest BCUT2D eigenvalue weighted by Crippen LogP contribution is 1.98. The van der Waals surface area contributed by atoms with E-state index in [9.17, 15) is 4.79 Å². The lowest BCUT2D eigenvalue weighted by Gasteiger charge is -2.00. The van der Waals surface area contributed by atoms with Gasteiger partial charge in [-0.25, -0.2) is 4.98 Å². The normalized spacial score (nSPS) is 10.0. The number of nitrogens with zero attached hydrogens (tertiary/aromatic N) is 2. The molecule has 11 heavy (non-hydrogen) atoms. The fourth-order valence-electron chi connectivity index (χ4n) is 0.824. The second-order valence-corrected chi connectivity index (χ2v) is 3.09. The van der Waals surface area contributed by atoms with Gasteiger partial charge in [-0.2, -0.15) is 0 Å². The van der Waals surface area contributed by atoms with Crippen LogP contribution in [0.25, 0.3) is 0 Å². The van der Waals surface area contributed by atoms with Gasteiger partial charge in [0.15, 0.2) is 0 Å². The van der Waals surface area contributed by atoms with E-state index in [4.69, 9.17) is 0 Å². The minimum absolute atomic E-state index is 0.0122. The first-order valence-electron chi connectivity index (χ1n) is 3.45. The summed E-state index contributed by atoms with van der Waals surface area (Å²) < 4.78 is 2.11. The largest absolute Gasteiger partial charge is 0.298 e. The van der Waals surface area contributed by atoms with Gasteiger partial charge in [0.1, 0.15) is 4.47 Å². The highest BCUT2D eigenvalue weighted by molar-refractivity contribution is 9.10. The van der Waals surface area contributed by atoms with Gasteiger partial charge in [-0.05, 0) is 22.4 Å². The molecule has 0 radical (unpaired) electrons. The maximum atomic E-state index is 11.2. The van der Waals surface area contributed by atoms with Gasteiger partial charge in [0.05, 0.1) is 6.33 Å². The topological polar surface area (TPSA) is 34.9 Å². The third-order valence-corrected chi connectivity index (χ3v) is 1.87. The molecule has 0 aromatic carbocycles. The molecule has 0 aliphatic carbocycles. The van der Waals surface area contributed by atoms with Crippen molar-refractivity contribution in [2.75, 3.05) is 0 Å². The predicted octanol–water partition coefficient (Wildman–Crippen LogP) is 1.42. The van der Waals surface area contributed by atoms with Gasteiger partial charge >= 0.3 is 0 Å². The standard InChI is InChI=1S/C7H9BrN2O/c1-2-3-10-5-9-4-6(8)7(10)11/h4-5H,2-3H2,1H3. The van der Waals surface area contributed by atoms with Crippen LogP contribution in [0.4, 0.5) is 0 Å². The van der Waals surface area contributed by atoms with Gasteiger partial charge in [-0.3, -0.25) is 9.36 Å². The summed E-state index contributed by atoms with van der Waals surface area (Å²) in [5, 5.41) is 0. The van der Waals surface area contributed by atoms with Crippen molar-refractivity contribution in [3.05, 3.63) is 27.4 Å². The van der Waals surface area contributed by atoms with Crippen LogP contribution in [0.15, 0.2) is 21.8 Å². The Morgan fingerprint density at radius 1 is 1.73 bits per heavy atom. The lowest BCUT2D eigenvalue weighted by Crippen LogP contribution is -2.20. The Hall–Kier alpha value is -0.640. The van der Waals surface area contributed by atoms with E-state index in [-0.39, 0.29) is 5.56 Å². The highest BCUT2D eigenvalue weighted by atomic mass is 79.9. The molecule has 0 saturated carbocycles. The predicted molar refractivity (Wildman–Crippen MR) is 46.5 cm³/mol. The zero-order chi connectivity index (χ0) is 8.27. The molecule has 1 aromatic heterocycles. The Balaban J connectivity index is 3.07. The SMILES string of the molecule is CCCn1cncc(Br)c1=O. The molecule has 3 nitrogen and oxygen atoms in total. The average molecular weight is 217 g/mol. The first-order chi connectivity index (χ1) is 5.25. The summed E-state index contributed by atoms with van der Waals surface area (Å²) in [5.74, 6) is 0. The lowest BCUT2D eigenvalue weighted by atomic mass is 10.5. The van der Waals surface area contributed by atoms with E-state index in [0.717, 1.165) is 13.0 Å². The summed E-state index contributed by atoms with van der Waals surface area (Å²) in [6, 6.07) is 0. The van der Waals surface area contributed by atoms with Crippen LogP contribution in [0.2, 0.25) is 0 Å². The first kappa shape index (κ1) is 8.46. The maximum absolute atomic E-state index is 11.2. The summed E-state index contributed by atoms with van der Waals surface area (Å²) in [6.07, 6.45) is 4.00. The van der Waals surface area contributed by atoms with Crippen molar-refractivity contribution in [2.24, 2.45) is 0 Å². The van der Waals surface area contributed by atoms with Gasteiger partial charge in [0.25, 0.3) is 5.56 Å². The summed E-state index contributed by atoms with van der Waals surface area (Å²) in [4.78, 5) is 15.1. The molecule has 0 bridgehead atoms. The van der Waals surface area contributed by atoms with E-state index in [1.165, 1.54) is 6.20 Å². The number of halogens is 1. The van der Waals surface area contributed by atoms with Crippen molar-refractivity contribution in [2.45, 2.75) is 19.9 Å². The Labute approximate surface area is 73.2 Å². The van der Waals surface area contributed by atoms with Gasteiger partial charge in [0, 0.05) is 12.7 Å². The molecular formula is C7H9BrN2O. The van der Waals surface area contributed by atoms with Crippen LogP contribution in [-0.4, -0.2) is 9.55 Å². The van der Waals surface area contributed by atoms with Crippen molar-refractivity contribution in [1.29, 1.82) is 0 Å². The van der Waals surface area contributed by atoms with Crippen LogP contribution in [0, 0.1) is 0 Å². The number of hydrogen-bond donors (Lipinski definition) is 0. The van der Waals surface area contributed by atoms with E-state index in [2.05, 4.69) is 20.9 Å². The minimum atomic E-state index is -0.0122. The molecule has 0 unspecified atom stereocenters. The molecule has 1 aromatic rings. The van der Waals surface area contributed by atoms with Crippen LogP contribution < -0.4 is 5.56 Å². The lowest BCUT2D eigenvalue weighted by molar-refractivity contribution is 0.637. The number of aryl methyl sites for hydroxylation is 1. The van der Waals surface area contributed by atoms with Crippen molar-refractivity contribution < 1.29 is 0 Å². The van der Waals surface area contributed by atoms with E-state index >= 15 is 0 Å². The molecule has 0 fully saturated rings. The van der Waals surface area contributed by atoms with E-state index in [0.29, 0.717) is 4.47 Å². The second kappa shape index (κ2) is 3.67. The molecule has 1 rings (SSSR count). The smallest absolute Gasteiger partial charge is 0.267 e. The molecule has 0 N–H and O–H groups in total. The van der Waals surface area contributed by atoms with Gasteiger partial charge in [0.2, 0.25) is 0 Å². The highest BCUT2D eigenvalue weighted by Gasteiger charge is 1.97. The zero-order valence-electron chi connectivity index (χ0n) is 6.25. The van der Waals surface area contributed by atoms with E-state index < -0.39 is 0 Å². The molecule has 0 spiro atoms. The molecular weight excluding hydrogens is 208 g/mol. The fourth-order valence-corrected chi connectivity index (χ4v) is 1.17. The van der Waals surface area contributed by atoms with Gasteiger partial charge in [-0.15, -0.1) is 0 Å². The minimum Gasteiger partial charge on any atom is -0.298 e. The fraction of sp³-hybridized carbons (Fsp3) is 0.429.